The predicted molar refractivity (Wildman–Crippen MR) is 158 cm³/mol. The molecule has 0 saturated carbocycles. The second kappa shape index (κ2) is 10.5. The Hall–Kier alpha value is -3.67. The largest absolute Gasteiger partial charge is 0.416 e. The first-order valence-corrected chi connectivity index (χ1v) is 15.6. The molecule has 3 aromatic carbocycles. The first-order valence-electron chi connectivity index (χ1n) is 14.1. The van der Waals surface area contributed by atoms with Gasteiger partial charge in [0.15, 0.2) is 0 Å². The van der Waals surface area contributed by atoms with E-state index in [2.05, 4.69) is 10.2 Å². The van der Waals surface area contributed by atoms with E-state index >= 15 is 0 Å². The predicted octanol–water partition coefficient (Wildman–Crippen LogP) is 6.35. The average Bonchev–Trinajstić information content (AvgIpc) is 3.50. The number of nitrogens with zero attached hydrogens (tertiary/aromatic N) is 2. The van der Waals surface area contributed by atoms with Gasteiger partial charge in [-0.05, 0) is 73.1 Å². The lowest BCUT2D eigenvalue weighted by molar-refractivity contribution is -0.138. The van der Waals surface area contributed by atoms with Gasteiger partial charge in [-0.1, -0.05) is 42.5 Å². The summed E-state index contributed by atoms with van der Waals surface area (Å²) >= 11 is 0. The van der Waals surface area contributed by atoms with Crippen LogP contribution < -0.4 is 4.90 Å². The molecule has 226 valence electrons. The van der Waals surface area contributed by atoms with Crippen LogP contribution >= 0.6 is 0 Å². The Morgan fingerprint density at radius 3 is 2.30 bits per heavy atom. The number of alkyl halides is 3. The molecule has 0 spiro atoms. The molecule has 6 rings (SSSR count). The van der Waals surface area contributed by atoms with Crippen LogP contribution in [0.3, 0.4) is 0 Å². The number of aromatic nitrogens is 2. The number of aromatic amines is 1. The fourth-order valence-corrected chi connectivity index (χ4v) is 7.85. The third kappa shape index (κ3) is 5.13. The number of piperidine rings is 1. The highest BCUT2D eigenvalue weighted by atomic mass is 32.2. The lowest BCUT2D eigenvalue weighted by Crippen LogP contribution is -2.44. The minimum atomic E-state index is -4.74. The fourth-order valence-electron chi connectivity index (χ4n) is 6.92. The highest BCUT2D eigenvalue weighted by Crippen LogP contribution is 2.50. The zero-order valence-electron chi connectivity index (χ0n) is 23.8. The van der Waals surface area contributed by atoms with Crippen molar-refractivity contribution in [2.24, 2.45) is 5.41 Å². The molecule has 7 nitrogen and oxygen atoms in total. The molecule has 11 heteroatoms. The molecule has 2 heterocycles. The minimum Gasteiger partial charge on any atom is -0.396 e. The zero-order chi connectivity index (χ0) is 30.7. The summed E-state index contributed by atoms with van der Waals surface area (Å²) in [6, 6.07) is 15.1. The maximum atomic E-state index is 13.8. The number of aliphatic hydroxyl groups excluding tert-OH is 1. The number of hydrogen-bond acceptors (Lipinski definition) is 5. The van der Waals surface area contributed by atoms with E-state index in [-0.39, 0.29) is 36.6 Å². The van der Waals surface area contributed by atoms with Gasteiger partial charge >= 0.3 is 6.18 Å². The van der Waals surface area contributed by atoms with Crippen LogP contribution in [0, 0.1) is 19.3 Å². The molecule has 43 heavy (non-hydrogen) atoms. The van der Waals surface area contributed by atoms with Crippen LogP contribution in [0.4, 0.5) is 18.9 Å². The van der Waals surface area contributed by atoms with Gasteiger partial charge in [0, 0.05) is 48.4 Å². The molecule has 0 amide bonds. The standard InChI is InChI=1S/C32H32F3N3O4S/c1-19-28(20(2)37-36-19)26-16-24-23-9-5-3-7-21(23)15-25(24)29(30(26)43(40,41)42)38-13-11-31(18-39,12-14-38)17-22-8-4-6-10-27(22)32(33,34)35/h3-10,16,39H,11-15,17-18H2,1-2H3,(H,36,37)(H,40,41,42). The minimum absolute atomic E-state index is 0.0369. The molecule has 0 atom stereocenters. The van der Waals surface area contributed by atoms with Crippen molar-refractivity contribution in [3.63, 3.8) is 0 Å². The van der Waals surface area contributed by atoms with E-state index in [0.29, 0.717) is 47.5 Å². The van der Waals surface area contributed by atoms with Gasteiger partial charge in [-0.2, -0.15) is 26.7 Å². The first kappa shape index (κ1) is 29.4. The number of fused-ring (bicyclic) bond motifs is 3. The SMILES string of the molecule is Cc1n[nH]c(C)c1-c1cc2c(c(N3CCC(CO)(Cc4ccccc4C(F)(F)F)CC3)c1S(=O)(=O)O)Cc1ccccc1-2. The Morgan fingerprint density at radius 1 is 1.00 bits per heavy atom. The van der Waals surface area contributed by atoms with Gasteiger partial charge in [-0.3, -0.25) is 9.65 Å². The Bertz CT molecular complexity index is 1800. The Balaban J connectivity index is 1.46. The molecule has 0 bridgehead atoms. The highest BCUT2D eigenvalue weighted by Gasteiger charge is 2.41. The zero-order valence-corrected chi connectivity index (χ0v) is 24.6. The number of hydrogen-bond donors (Lipinski definition) is 3. The molecule has 0 radical (unpaired) electrons. The van der Waals surface area contributed by atoms with Crippen molar-refractivity contribution < 1.29 is 31.2 Å². The van der Waals surface area contributed by atoms with Crippen LogP contribution in [0.15, 0.2) is 59.5 Å². The van der Waals surface area contributed by atoms with E-state index < -0.39 is 27.3 Å². The molecule has 1 fully saturated rings. The summed E-state index contributed by atoms with van der Waals surface area (Å²) in [5.41, 5.74) is 4.80. The second-order valence-corrected chi connectivity index (χ2v) is 13.1. The van der Waals surface area contributed by atoms with Crippen LogP contribution in [0.2, 0.25) is 0 Å². The normalized spacial score (nSPS) is 16.3. The Kier molecular flexibility index (Phi) is 7.18. The number of H-pyrrole nitrogens is 1. The quantitative estimate of drug-likeness (QED) is 0.193. The van der Waals surface area contributed by atoms with Gasteiger partial charge in [0.25, 0.3) is 10.1 Å². The van der Waals surface area contributed by atoms with E-state index in [0.717, 1.165) is 28.3 Å². The summed E-state index contributed by atoms with van der Waals surface area (Å²) in [5, 5.41) is 17.7. The molecule has 1 saturated heterocycles. The molecule has 0 unspecified atom stereocenters. The summed E-state index contributed by atoms with van der Waals surface area (Å²) in [6.45, 7) is 3.82. The number of nitrogens with one attached hydrogen (secondary N) is 1. The number of aryl methyl sites for hydroxylation is 2. The first-order chi connectivity index (χ1) is 20.3. The number of aliphatic hydroxyl groups is 1. The number of anilines is 1. The van der Waals surface area contributed by atoms with E-state index in [1.54, 1.807) is 19.9 Å². The van der Waals surface area contributed by atoms with Gasteiger partial charge in [0.05, 0.1) is 16.9 Å². The van der Waals surface area contributed by atoms with Crippen LogP contribution in [0.5, 0.6) is 0 Å². The molecule has 4 aromatic rings. The average molecular weight is 612 g/mol. The van der Waals surface area contributed by atoms with E-state index in [9.17, 15) is 31.2 Å². The van der Waals surface area contributed by atoms with Crippen molar-refractivity contribution in [2.45, 2.75) is 50.6 Å². The van der Waals surface area contributed by atoms with Crippen LogP contribution in [-0.2, 0) is 29.1 Å². The Morgan fingerprint density at radius 2 is 1.67 bits per heavy atom. The van der Waals surface area contributed by atoms with E-state index in [1.807, 2.05) is 35.2 Å². The molecule has 1 aliphatic heterocycles. The molecule has 3 N–H and O–H groups in total. The van der Waals surface area contributed by atoms with Crippen LogP contribution in [-0.4, -0.2) is 48.0 Å². The van der Waals surface area contributed by atoms with Gasteiger partial charge < -0.3 is 10.0 Å². The molecule has 1 aliphatic carbocycles. The van der Waals surface area contributed by atoms with Crippen molar-refractivity contribution in [3.8, 4) is 22.3 Å². The maximum Gasteiger partial charge on any atom is 0.416 e. The molecular weight excluding hydrogens is 579 g/mol. The summed E-state index contributed by atoms with van der Waals surface area (Å²) in [5.74, 6) is 0. The van der Waals surface area contributed by atoms with Gasteiger partial charge in [-0.15, -0.1) is 0 Å². The third-order valence-corrected chi connectivity index (χ3v) is 9.98. The van der Waals surface area contributed by atoms with Gasteiger partial charge in [0.1, 0.15) is 4.90 Å². The monoisotopic (exact) mass is 611 g/mol. The maximum absolute atomic E-state index is 13.8. The number of halogens is 3. The fraction of sp³-hybridized carbons (Fsp3) is 0.344. The smallest absolute Gasteiger partial charge is 0.396 e. The van der Waals surface area contributed by atoms with E-state index in [1.165, 1.54) is 12.1 Å². The van der Waals surface area contributed by atoms with Crippen LogP contribution in [0.1, 0.15) is 46.5 Å². The highest BCUT2D eigenvalue weighted by molar-refractivity contribution is 7.86. The summed E-state index contributed by atoms with van der Waals surface area (Å²) < 4.78 is 78.5. The molecular formula is C32H32F3N3O4S. The molecule has 2 aliphatic rings. The summed E-state index contributed by atoms with van der Waals surface area (Å²) in [4.78, 5) is 1.71. The third-order valence-electron chi connectivity index (χ3n) is 9.05. The number of rotatable bonds is 6. The van der Waals surface area contributed by atoms with Crippen molar-refractivity contribution in [1.29, 1.82) is 0 Å². The summed E-state index contributed by atoms with van der Waals surface area (Å²) in [6.07, 6.45) is -3.35. The lowest BCUT2D eigenvalue weighted by atomic mass is 9.73. The van der Waals surface area contributed by atoms with Crippen molar-refractivity contribution in [1.82, 2.24) is 10.2 Å². The lowest BCUT2D eigenvalue weighted by Gasteiger charge is -2.43. The van der Waals surface area contributed by atoms with Crippen molar-refractivity contribution >= 4 is 15.8 Å². The van der Waals surface area contributed by atoms with Gasteiger partial charge in [0.2, 0.25) is 0 Å². The number of benzene rings is 3. The van der Waals surface area contributed by atoms with E-state index in [4.69, 9.17) is 0 Å². The summed E-state index contributed by atoms with van der Waals surface area (Å²) in [7, 11) is -4.74. The van der Waals surface area contributed by atoms with Crippen molar-refractivity contribution in [2.75, 3.05) is 24.6 Å². The topological polar surface area (TPSA) is 107 Å². The Labute approximate surface area is 248 Å². The second-order valence-electron chi connectivity index (χ2n) is 11.7. The van der Waals surface area contributed by atoms with Crippen molar-refractivity contribution in [3.05, 3.63) is 88.2 Å². The van der Waals surface area contributed by atoms with Gasteiger partial charge in [-0.25, -0.2) is 0 Å². The van der Waals surface area contributed by atoms with Crippen LogP contribution in [0.25, 0.3) is 22.3 Å². The molecule has 1 aromatic heterocycles.